The van der Waals surface area contributed by atoms with Crippen molar-refractivity contribution < 1.29 is 23.8 Å². The van der Waals surface area contributed by atoms with Crippen molar-refractivity contribution in [3.8, 4) is 0 Å². The van der Waals surface area contributed by atoms with Gasteiger partial charge in [-0.25, -0.2) is 0 Å². The number of hydrogen-bond donors (Lipinski definition) is 0. The Balaban J connectivity index is 4.32. The van der Waals surface area contributed by atoms with Gasteiger partial charge < -0.3 is 14.2 Å². The van der Waals surface area contributed by atoms with Crippen LogP contribution >= 0.6 is 0 Å². The second-order valence-electron chi connectivity index (χ2n) is 14.2. The lowest BCUT2D eigenvalue weighted by atomic mass is 10.1. The lowest BCUT2D eigenvalue weighted by Crippen LogP contribution is -2.30. The largest absolute Gasteiger partial charge is 0.462 e. The van der Waals surface area contributed by atoms with Crippen LogP contribution in [-0.2, 0) is 23.8 Å². The van der Waals surface area contributed by atoms with Crippen molar-refractivity contribution in [3.05, 3.63) is 109 Å². The van der Waals surface area contributed by atoms with Crippen LogP contribution in [0.2, 0.25) is 0 Å². The maximum atomic E-state index is 12.6. The van der Waals surface area contributed by atoms with E-state index in [0.717, 1.165) is 116 Å². The van der Waals surface area contributed by atoms with Gasteiger partial charge in [0.05, 0.1) is 6.61 Å². The van der Waals surface area contributed by atoms with Crippen LogP contribution in [0.3, 0.4) is 0 Å². The quantitative estimate of drug-likeness (QED) is 0.0354. The molecule has 0 aliphatic heterocycles. The molecule has 0 heterocycles. The van der Waals surface area contributed by atoms with E-state index < -0.39 is 6.10 Å². The Bertz CT molecular complexity index is 1150. The van der Waals surface area contributed by atoms with Gasteiger partial charge in [0.1, 0.15) is 6.61 Å². The zero-order chi connectivity index (χ0) is 40.7. The zero-order valence-corrected chi connectivity index (χ0v) is 36.1. The first-order valence-electron chi connectivity index (χ1n) is 22.4. The molecule has 5 nitrogen and oxygen atoms in total. The van der Waals surface area contributed by atoms with Gasteiger partial charge in [-0.1, -0.05) is 175 Å². The van der Waals surface area contributed by atoms with Gasteiger partial charge in [-0.3, -0.25) is 9.59 Å². The highest BCUT2D eigenvalue weighted by atomic mass is 16.6. The van der Waals surface area contributed by atoms with E-state index in [4.69, 9.17) is 14.2 Å². The first kappa shape index (κ1) is 52.6. The van der Waals surface area contributed by atoms with Crippen molar-refractivity contribution in [2.45, 2.75) is 181 Å². The van der Waals surface area contributed by atoms with Crippen LogP contribution in [0.15, 0.2) is 109 Å². The molecule has 0 aromatic rings. The Kier molecular flexibility index (Phi) is 43.1. The molecule has 0 aliphatic carbocycles. The summed E-state index contributed by atoms with van der Waals surface area (Å²) in [6.07, 6.45) is 62.5. The van der Waals surface area contributed by atoms with Crippen LogP contribution in [0.25, 0.3) is 0 Å². The molecule has 1 unspecified atom stereocenters. The summed E-state index contributed by atoms with van der Waals surface area (Å²) >= 11 is 0. The van der Waals surface area contributed by atoms with Gasteiger partial charge in [-0.2, -0.15) is 0 Å². The fourth-order valence-corrected chi connectivity index (χ4v) is 5.54. The standard InChI is InChI=1S/C51H82O5/c1-4-7-10-13-16-18-20-22-24-25-26-27-28-29-31-33-36-38-41-44-50(52)55-48-49(56-51(53)45-42-39-35-15-12-9-6-3)47-54-46-43-40-37-34-32-30-23-21-19-17-14-11-8-5-2/h7-8,10-11,16-19,22-24,26-27,29-31,34,37,49H,4-6,9,12-15,20-21,25,28,32-33,35-36,38-48H2,1-3H3/b10-7-,11-8-,18-16-,19-17-,24-22-,27-26-,30-23-,31-29-,37-34-. The van der Waals surface area contributed by atoms with E-state index in [0.29, 0.717) is 19.4 Å². The maximum absolute atomic E-state index is 12.6. The van der Waals surface area contributed by atoms with Crippen LogP contribution < -0.4 is 0 Å². The van der Waals surface area contributed by atoms with Crippen LogP contribution in [0, 0.1) is 0 Å². The summed E-state index contributed by atoms with van der Waals surface area (Å²) in [4.78, 5) is 25.1. The summed E-state index contributed by atoms with van der Waals surface area (Å²) < 4.78 is 17.1. The predicted molar refractivity (Wildman–Crippen MR) is 242 cm³/mol. The van der Waals surface area contributed by atoms with E-state index >= 15 is 0 Å². The summed E-state index contributed by atoms with van der Waals surface area (Å²) in [5, 5.41) is 0. The number of ether oxygens (including phenoxy) is 3. The van der Waals surface area contributed by atoms with E-state index in [-0.39, 0.29) is 25.2 Å². The number of unbranched alkanes of at least 4 members (excludes halogenated alkanes) is 10. The Morgan fingerprint density at radius 3 is 1.29 bits per heavy atom. The van der Waals surface area contributed by atoms with E-state index in [9.17, 15) is 9.59 Å². The van der Waals surface area contributed by atoms with Crippen LogP contribution in [0.1, 0.15) is 175 Å². The van der Waals surface area contributed by atoms with Crippen LogP contribution in [0.4, 0.5) is 0 Å². The molecule has 0 fully saturated rings. The molecule has 0 aromatic heterocycles. The predicted octanol–water partition coefficient (Wildman–Crippen LogP) is 14.9. The molecule has 5 heteroatoms. The molecule has 0 saturated carbocycles. The summed E-state index contributed by atoms with van der Waals surface area (Å²) in [6.45, 7) is 7.36. The Morgan fingerprint density at radius 1 is 0.411 bits per heavy atom. The minimum absolute atomic E-state index is 0.0402. The SMILES string of the molecule is CC/C=C\C/C=C\C/C=C\C/C=C\C/C=C\CCCCCC(=O)OCC(COCCC/C=C\C/C=C\C/C=C\C/C=C\CC)OC(=O)CCCCCCCCC. The van der Waals surface area contributed by atoms with Gasteiger partial charge >= 0.3 is 11.9 Å². The number of carbonyl (C=O) groups is 2. The van der Waals surface area contributed by atoms with Gasteiger partial charge in [0, 0.05) is 19.4 Å². The average molecular weight is 775 g/mol. The van der Waals surface area contributed by atoms with E-state index in [1.165, 1.54) is 25.7 Å². The highest BCUT2D eigenvalue weighted by molar-refractivity contribution is 5.70. The summed E-state index contributed by atoms with van der Waals surface area (Å²) in [6, 6.07) is 0. The second-order valence-corrected chi connectivity index (χ2v) is 14.2. The molecule has 0 aliphatic rings. The smallest absolute Gasteiger partial charge is 0.306 e. The van der Waals surface area contributed by atoms with Gasteiger partial charge in [0.2, 0.25) is 0 Å². The molecular weight excluding hydrogens is 693 g/mol. The Morgan fingerprint density at radius 2 is 0.804 bits per heavy atom. The molecule has 0 rings (SSSR count). The number of carbonyl (C=O) groups excluding carboxylic acids is 2. The fourth-order valence-electron chi connectivity index (χ4n) is 5.54. The highest BCUT2D eigenvalue weighted by Gasteiger charge is 2.17. The van der Waals surface area contributed by atoms with Gasteiger partial charge in [0.25, 0.3) is 0 Å². The second kappa shape index (κ2) is 45.9. The minimum Gasteiger partial charge on any atom is -0.462 e. The number of esters is 2. The zero-order valence-electron chi connectivity index (χ0n) is 36.1. The topological polar surface area (TPSA) is 61.8 Å². The minimum atomic E-state index is -0.580. The lowest BCUT2D eigenvalue weighted by Gasteiger charge is -2.18. The van der Waals surface area contributed by atoms with E-state index in [2.05, 4.69) is 130 Å². The molecule has 0 aromatic carbocycles. The monoisotopic (exact) mass is 775 g/mol. The first-order chi connectivity index (χ1) is 27.6. The van der Waals surface area contributed by atoms with Crippen molar-refractivity contribution in [1.82, 2.24) is 0 Å². The molecule has 56 heavy (non-hydrogen) atoms. The third kappa shape index (κ3) is 43.3. The van der Waals surface area contributed by atoms with Crippen molar-refractivity contribution in [3.63, 3.8) is 0 Å². The Labute approximate surface area is 344 Å². The fraction of sp³-hybridized carbons (Fsp3) is 0.608. The lowest BCUT2D eigenvalue weighted by molar-refractivity contribution is -0.163. The van der Waals surface area contributed by atoms with Crippen molar-refractivity contribution in [2.75, 3.05) is 19.8 Å². The highest BCUT2D eigenvalue weighted by Crippen LogP contribution is 2.11. The van der Waals surface area contributed by atoms with Crippen LogP contribution in [-0.4, -0.2) is 37.9 Å². The molecular formula is C51H82O5. The van der Waals surface area contributed by atoms with Crippen LogP contribution in [0.5, 0.6) is 0 Å². The normalized spacial score (nSPS) is 13.3. The molecule has 0 radical (unpaired) electrons. The third-order valence-electron chi connectivity index (χ3n) is 8.80. The number of rotatable bonds is 39. The summed E-state index contributed by atoms with van der Waals surface area (Å²) in [7, 11) is 0. The van der Waals surface area contributed by atoms with Crippen molar-refractivity contribution >= 4 is 11.9 Å². The molecule has 0 N–H and O–H groups in total. The molecule has 0 bridgehead atoms. The molecule has 316 valence electrons. The summed E-state index contributed by atoms with van der Waals surface area (Å²) in [5.74, 6) is -0.481. The maximum Gasteiger partial charge on any atom is 0.306 e. The third-order valence-corrected chi connectivity index (χ3v) is 8.80. The Hall–Kier alpha value is -3.44. The van der Waals surface area contributed by atoms with Gasteiger partial charge in [-0.15, -0.1) is 0 Å². The average Bonchev–Trinajstić information content (AvgIpc) is 3.20. The van der Waals surface area contributed by atoms with Crippen molar-refractivity contribution in [1.29, 1.82) is 0 Å². The molecule has 1 atom stereocenters. The first-order valence-corrected chi connectivity index (χ1v) is 22.4. The molecule has 0 amide bonds. The molecule has 0 spiro atoms. The van der Waals surface area contributed by atoms with E-state index in [1.54, 1.807) is 0 Å². The van der Waals surface area contributed by atoms with Gasteiger partial charge in [0.15, 0.2) is 6.10 Å². The number of hydrogen-bond acceptors (Lipinski definition) is 5. The molecule has 0 saturated heterocycles. The number of allylic oxidation sites excluding steroid dienone is 18. The summed E-state index contributed by atoms with van der Waals surface area (Å²) in [5.41, 5.74) is 0. The van der Waals surface area contributed by atoms with Gasteiger partial charge in [-0.05, 0) is 96.3 Å². The van der Waals surface area contributed by atoms with Crippen molar-refractivity contribution in [2.24, 2.45) is 0 Å². The van der Waals surface area contributed by atoms with E-state index in [1.807, 2.05) is 0 Å².